The van der Waals surface area contributed by atoms with Gasteiger partial charge in [0.05, 0.1) is 6.10 Å². The van der Waals surface area contributed by atoms with E-state index >= 15 is 0 Å². The minimum Gasteiger partial charge on any atom is -0.376 e. The van der Waals surface area contributed by atoms with Gasteiger partial charge >= 0.3 is 0 Å². The van der Waals surface area contributed by atoms with Crippen LogP contribution in [0.2, 0.25) is 0 Å². The zero-order valence-corrected chi connectivity index (χ0v) is 14.7. The van der Waals surface area contributed by atoms with E-state index in [9.17, 15) is 9.18 Å². The number of nitrogens with zero attached hydrogens (tertiary/aromatic N) is 2. The number of amides is 1. The summed E-state index contributed by atoms with van der Waals surface area (Å²) in [6, 6.07) is 10.6. The number of halogens is 1. The summed E-state index contributed by atoms with van der Waals surface area (Å²) >= 11 is 0. The lowest BCUT2D eigenvalue weighted by molar-refractivity contribution is -0.135. The molecule has 26 heavy (non-hydrogen) atoms. The molecule has 1 aliphatic carbocycles. The normalized spacial score (nSPS) is 24.4. The molecule has 0 radical (unpaired) electrons. The molecule has 1 saturated heterocycles. The minimum absolute atomic E-state index is 0.00963. The van der Waals surface area contributed by atoms with Gasteiger partial charge in [0, 0.05) is 38.0 Å². The van der Waals surface area contributed by atoms with Gasteiger partial charge < -0.3 is 9.64 Å². The maximum Gasteiger partial charge on any atom is 0.226 e. The molecule has 0 bridgehead atoms. The van der Waals surface area contributed by atoms with E-state index in [0.29, 0.717) is 18.7 Å². The zero-order chi connectivity index (χ0) is 17.9. The second-order valence-electron chi connectivity index (χ2n) is 7.19. The number of carbonyl (C=O) groups is 1. The highest BCUT2D eigenvalue weighted by molar-refractivity contribution is 5.83. The molecule has 1 amide bonds. The van der Waals surface area contributed by atoms with Crippen LogP contribution in [0.25, 0.3) is 0 Å². The Bertz CT molecular complexity index is 762. The molecule has 1 aromatic carbocycles. The first-order valence-corrected chi connectivity index (χ1v) is 9.26. The summed E-state index contributed by atoms with van der Waals surface area (Å²) in [6.07, 6.45) is 6.36. The quantitative estimate of drug-likeness (QED) is 0.797. The van der Waals surface area contributed by atoms with Crippen molar-refractivity contribution in [2.45, 2.75) is 37.8 Å². The maximum absolute atomic E-state index is 14.0. The summed E-state index contributed by atoms with van der Waals surface area (Å²) in [5.41, 5.74) is 1.66. The molecule has 3 unspecified atom stereocenters. The Morgan fingerprint density at radius 2 is 2.15 bits per heavy atom. The molecule has 2 aromatic rings. The van der Waals surface area contributed by atoms with Crippen LogP contribution in [0.3, 0.4) is 0 Å². The lowest BCUT2D eigenvalue weighted by Crippen LogP contribution is -2.38. The molecule has 0 spiro atoms. The molecule has 2 heterocycles. The van der Waals surface area contributed by atoms with Gasteiger partial charge in [-0.2, -0.15) is 0 Å². The second kappa shape index (κ2) is 7.54. The Kier molecular flexibility index (Phi) is 4.98. The van der Waals surface area contributed by atoms with Gasteiger partial charge in [0.15, 0.2) is 0 Å². The fourth-order valence-electron chi connectivity index (χ4n) is 3.80. The summed E-state index contributed by atoms with van der Waals surface area (Å²) < 4.78 is 19.8. The molecule has 5 heteroatoms. The summed E-state index contributed by atoms with van der Waals surface area (Å²) in [7, 11) is 0. The van der Waals surface area contributed by atoms with E-state index in [1.165, 1.54) is 6.07 Å². The topological polar surface area (TPSA) is 42.4 Å². The number of pyridine rings is 1. The molecule has 4 rings (SSSR count). The first kappa shape index (κ1) is 17.2. The fourth-order valence-corrected chi connectivity index (χ4v) is 3.80. The van der Waals surface area contributed by atoms with Crippen molar-refractivity contribution in [3.63, 3.8) is 0 Å². The maximum atomic E-state index is 14.0. The summed E-state index contributed by atoms with van der Waals surface area (Å²) in [5, 5.41) is 0. The van der Waals surface area contributed by atoms with E-state index < -0.39 is 0 Å². The number of hydrogen-bond donors (Lipinski definition) is 0. The van der Waals surface area contributed by atoms with E-state index in [4.69, 9.17) is 4.74 Å². The lowest BCUT2D eigenvalue weighted by Gasteiger charge is -2.26. The molecule has 1 aliphatic heterocycles. The van der Waals surface area contributed by atoms with Gasteiger partial charge in [-0.3, -0.25) is 9.78 Å². The molecule has 2 fully saturated rings. The number of carbonyl (C=O) groups excluding carboxylic acids is 1. The number of rotatable bonds is 6. The average molecular weight is 354 g/mol. The third-order valence-electron chi connectivity index (χ3n) is 5.27. The Labute approximate surface area is 153 Å². The Morgan fingerprint density at radius 1 is 1.27 bits per heavy atom. The third kappa shape index (κ3) is 3.78. The molecule has 3 atom stereocenters. The van der Waals surface area contributed by atoms with Gasteiger partial charge in [-0.1, -0.05) is 24.3 Å². The van der Waals surface area contributed by atoms with Crippen molar-refractivity contribution in [2.75, 3.05) is 13.2 Å². The number of ether oxygens (including phenoxy) is 1. The minimum atomic E-state index is -0.217. The van der Waals surface area contributed by atoms with E-state index in [2.05, 4.69) is 4.98 Å². The van der Waals surface area contributed by atoms with Crippen LogP contribution in [-0.4, -0.2) is 35.0 Å². The van der Waals surface area contributed by atoms with Crippen molar-refractivity contribution in [3.8, 4) is 0 Å². The smallest absolute Gasteiger partial charge is 0.226 e. The summed E-state index contributed by atoms with van der Waals surface area (Å²) in [5.74, 6) is -0.266. The molecule has 1 saturated carbocycles. The van der Waals surface area contributed by atoms with Crippen LogP contribution < -0.4 is 0 Å². The van der Waals surface area contributed by atoms with Crippen LogP contribution in [0.5, 0.6) is 0 Å². The predicted molar refractivity (Wildman–Crippen MR) is 95.9 cm³/mol. The standard InChI is InChI=1S/C21H23FN2O2/c22-20-8-2-1-7-17(20)18-11-19(18)21(25)24(14-16-6-4-10-26-16)13-15-5-3-9-23-12-15/h1-3,5,7-9,12,16,18-19H,4,6,10-11,13-14H2. The second-order valence-corrected chi connectivity index (χ2v) is 7.19. The van der Waals surface area contributed by atoms with Crippen molar-refractivity contribution in [1.29, 1.82) is 0 Å². The summed E-state index contributed by atoms with van der Waals surface area (Å²) in [4.78, 5) is 19.1. The predicted octanol–water partition coefficient (Wildman–Crippen LogP) is 3.53. The van der Waals surface area contributed by atoms with Gasteiger partial charge in [-0.05, 0) is 48.4 Å². The van der Waals surface area contributed by atoms with Gasteiger partial charge in [0.25, 0.3) is 0 Å². The van der Waals surface area contributed by atoms with Crippen molar-refractivity contribution in [2.24, 2.45) is 5.92 Å². The molecular weight excluding hydrogens is 331 g/mol. The monoisotopic (exact) mass is 354 g/mol. The first-order valence-electron chi connectivity index (χ1n) is 9.26. The lowest BCUT2D eigenvalue weighted by atomic mass is 10.1. The number of hydrogen-bond acceptors (Lipinski definition) is 3. The van der Waals surface area contributed by atoms with Crippen molar-refractivity contribution in [3.05, 3.63) is 65.7 Å². The molecule has 136 valence electrons. The number of aromatic nitrogens is 1. The molecule has 0 N–H and O–H groups in total. The van der Waals surface area contributed by atoms with Crippen LogP contribution in [0, 0.1) is 11.7 Å². The molecular formula is C21H23FN2O2. The largest absolute Gasteiger partial charge is 0.376 e. The molecule has 4 nitrogen and oxygen atoms in total. The Balaban J connectivity index is 1.48. The molecule has 1 aromatic heterocycles. The van der Waals surface area contributed by atoms with E-state index in [1.54, 1.807) is 24.5 Å². The molecule has 2 aliphatic rings. The highest BCUT2D eigenvalue weighted by Crippen LogP contribution is 2.49. The van der Waals surface area contributed by atoms with Gasteiger partial charge in [-0.15, -0.1) is 0 Å². The third-order valence-corrected chi connectivity index (χ3v) is 5.27. The van der Waals surface area contributed by atoms with E-state index in [-0.39, 0.29) is 29.7 Å². The highest BCUT2D eigenvalue weighted by Gasteiger charge is 2.47. The Morgan fingerprint density at radius 3 is 2.88 bits per heavy atom. The zero-order valence-electron chi connectivity index (χ0n) is 14.7. The van der Waals surface area contributed by atoms with E-state index in [0.717, 1.165) is 31.4 Å². The summed E-state index contributed by atoms with van der Waals surface area (Å²) in [6.45, 7) is 1.88. The van der Waals surface area contributed by atoms with Crippen LogP contribution in [0.4, 0.5) is 4.39 Å². The van der Waals surface area contributed by atoms with Crippen LogP contribution in [-0.2, 0) is 16.1 Å². The van der Waals surface area contributed by atoms with Crippen LogP contribution in [0.15, 0.2) is 48.8 Å². The van der Waals surface area contributed by atoms with E-state index in [1.807, 2.05) is 23.1 Å². The Hall–Kier alpha value is -2.27. The van der Waals surface area contributed by atoms with Gasteiger partial charge in [0.1, 0.15) is 5.82 Å². The highest BCUT2D eigenvalue weighted by atomic mass is 19.1. The van der Waals surface area contributed by atoms with Crippen LogP contribution >= 0.6 is 0 Å². The number of benzene rings is 1. The van der Waals surface area contributed by atoms with Crippen molar-refractivity contribution in [1.82, 2.24) is 9.88 Å². The van der Waals surface area contributed by atoms with Crippen LogP contribution in [0.1, 0.15) is 36.3 Å². The first-order chi connectivity index (χ1) is 12.7. The van der Waals surface area contributed by atoms with Crippen molar-refractivity contribution < 1.29 is 13.9 Å². The van der Waals surface area contributed by atoms with Gasteiger partial charge in [0.2, 0.25) is 5.91 Å². The SMILES string of the molecule is O=C(C1CC1c1ccccc1F)N(Cc1cccnc1)CC1CCCO1. The average Bonchev–Trinajstić information content (AvgIpc) is 3.29. The fraction of sp³-hybridized carbons (Fsp3) is 0.429. The van der Waals surface area contributed by atoms with Crippen molar-refractivity contribution >= 4 is 5.91 Å². The van der Waals surface area contributed by atoms with Gasteiger partial charge in [-0.25, -0.2) is 4.39 Å².